The van der Waals surface area contributed by atoms with Crippen LogP contribution in [0.4, 0.5) is 0 Å². The zero-order valence-electron chi connectivity index (χ0n) is 15.8. The average Bonchev–Trinajstić information content (AvgIpc) is 3.31. The Morgan fingerprint density at radius 1 is 1.30 bits per heavy atom. The highest BCUT2D eigenvalue weighted by Crippen LogP contribution is 2.24. The molecule has 0 radical (unpaired) electrons. The van der Waals surface area contributed by atoms with Crippen molar-refractivity contribution in [3.05, 3.63) is 64.1 Å². The predicted molar refractivity (Wildman–Crippen MR) is 107 cm³/mol. The van der Waals surface area contributed by atoms with E-state index >= 15 is 0 Å². The molecule has 1 N–H and O–H groups in total. The summed E-state index contributed by atoms with van der Waals surface area (Å²) in [4.78, 5) is 11.8. The first-order chi connectivity index (χ1) is 13.2. The average molecular weight is 384 g/mol. The third-order valence-corrected chi connectivity index (χ3v) is 5.73. The van der Waals surface area contributed by atoms with Crippen LogP contribution in [0.1, 0.15) is 28.1 Å². The zero-order chi connectivity index (χ0) is 18.6. The highest BCUT2D eigenvalue weighted by Gasteiger charge is 2.27. The first-order valence-electron chi connectivity index (χ1n) is 9.24. The molecule has 1 aliphatic heterocycles. The molecule has 0 amide bonds. The minimum atomic E-state index is 0.271. The minimum absolute atomic E-state index is 0.271. The molecular weight excluding hydrogens is 358 g/mol. The number of rotatable bonds is 6. The lowest BCUT2D eigenvalue weighted by molar-refractivity contribution is 0.143. The normalized spacial score (nSPS) is 17.9. The van der Waals surface area contributed by atoms with Crippen molar-refractivity contribution >= 4 is 11.3 Å². The molecule has 7 heteroatoms. The van der Waals surface area contributed by atoms with Crippen LogP contribution >= 0.6 is 11.3 Å². The van der Waals surface area contributed by atoms with Gasteiger partial charge in [0.25, 0.3) is 0 Å². The van der Waals surface area contributed by atoms with Crippen LogP contribution in [0, 0.1) is 6.92 Å². The fraction of sp³-hybridized carbons (Fsp3) is 0.400. The Bertz CT molecular complexity index is 873. The van der Waals surface area contributed by atoms with Gasteiger partial charge < -0.3 is 14.6 Å². The Balaban J connectivity index is 1.39. The maximum Gasteiger partial charge on any atom is 0.140 e. The lowest BCUT2D eigenvalue weighted by Crippen LogP contribution is -2.46. The molecule has 0 bridgehead atoms. The van der Waals surface area contributed by atoms with E-state index in [1.165, 1.54) is 5.56 Å². The summed E-state index contributed by atoms with van der Waals surface area (Å²) < 4.78 is 7.96. The Morgan fingerprint density at radius 2 is 2.15 bits per heavy atom. The molecule has 3 aromatic rings. The largest absolute Gasteiger partial charge is 0.486 e. The Morgan fingerprint density at radius 3 is 2.93 bits per heavy atom. The lowest BCUT2D eigenvalue weighted by Gasteiger charge is -2.35. The smallest absolute Gasteiger partial charge is 0.140 e. The third kappa shape index (κ3) is 4.37. The summed E-state index contributed by atoms with van der Waals surface area (Å²) in [5.41, 5.74) is 2.33. The van der Waals surface area contributed by atoms with Gasteiger partial charge in [-0.2, -0.15) is 0 Å². The quantitative estimate of drug-likeness (QED) is 0.709. The van der Waals surface area contributed by atoms with Crippen LogP contribution in [-0.4, -0.2) is 39.1 Å². The van der Waals surface area contributed by atoms with Gasteiger partial charge in [-0.15, -0.1) is 11.3 Å². The third-order valence-electron chi connectivity index (χ3n) is 4.86. The number of nitrogens with one attached hydrogen (secondary N) is 1. The van der Waals surface area contributed by atoms with Gasteiger partial charge in [-0.3, -0.25) is 4.90 Å². The molecule has 1 fully saturated rings. The van der Waals surface area contributed by atoms with E-state index in [0.717, 1.165) is 48.5 Å². The number of benzene rings is 1. The first-order valence-corrected chi connectivity index (χ1v) is 10.1. The molecule has 0 saturated carbocycles. The van der Waals surface area contributed by atoms with Crippen LogP contribution in [0.2, 0.25) is 0 Å². The van der Waals surface area contributed by atoms with Gasteiger partial charge in [0.05, 0.1) is 11.7 Å². The number of aromatic nitrogens is 3. The van der Waals surface area contributed by atoms with E-state index in [1.807, 2.05) is 24.5 Å². The van der Waals surface area contributed by atoms with E-state index in [4.69, 9.17) is 9.72 Å². The molecule has 1 saturated heterocycles. The second-order valence-corrected chi connectivity index (χ2v) is 7.86. The van der Waals surface area contributed by atoms with Gasteiger partial charge in [0, 0.05) is 51.0 Å². The van der Waals surface area contributed by atoms with Gasteiger partial charge in [-0.1, -0.05) is 17.7 Å². The molecule has 4 rings (SSSR count). The molecule has 3 heterocycles. The molecule has 1 atom stereocenters. The summed E-state index contributed by atoms with van der Waals surface area (Å²) in [7, 11) is 2.05. The van der Waals surface area contributed by atoms with Crippen LogP contribution < -0.4 is 10.1 Å². The second kappa shape index (κ2) is 8.21. The van der Waals surface area contributed by atoms with Crippen molar-refractivity contribution in [2.45, 2.75) is 26.1 Å². The van der Waals surface area contributed by atoms with Gasteiger partial charge in [-0.05, 0) is 19.1 Å². The maximum absolute atomic E-state index is 5.86. The van der Waals surface area contributed by atoms with Crippen molar-refractivity contribution in [2.24, 2.45) is 7.05 Å². The van der Waals surface area contributed by atoms with Crippen LogP contribution in [0.25, 0.3) is 0 Å². The van der Waals surface area contributed by atoms with E-state index in [0.29, 0.717) is 6.61 Å². The van der Waals surface area contributed by atoms with Crippen molar-refractivity contribution < 1.29 is 4.74 Å². The van der Waals surface area contributed by atoms with Gasteiger partial charge in [-0.25, -0.2) is 9.97 Å². The van der Waals surface area contributed by atoms with E-state index in [1.54, 1.807) is 11.3 Å². The van der Waals surface area contributed by atoms with Gasteiger partial charge in [0.1, 0.15) is 23.2 Å². The maximum atomic E-state index is 5.86. The summed E-state index contributed by atoms with van der Waals surface area (Å²) in [5.74, 6) is 1.98. The zero-order valence-corrected chi connectivity index (χ0v) is 16.6. The van der Waals surface area contributed by atoms with Crippen LogP contribution in [0.15, 0.2) is 42.0 Å². The summed E-state index contributed by atoms with van der Waals surface area (Å²) in [5, 5.41) is 6.63. The number of aryl methyl sites for hydroxylation is 2. The Kier molecular flexibility index (Phi) is 5.52. The number of imidazole rings is 1. The molecular formula is C20H25N5OS. The molecule has 2 aromatic heterocycles. The minimum Gasteiger partial charge on any atom is -0.486 e. The van der Waals surface area contributed by atoms with E-state index in [-0.39, 0.29) is 6.04 Å². The molecule has 142 valence electrons. The Hall–Kier alpha value is -2.22. The number of ether oxygens (including phenoxy) is 1. The van der Waals surface area contributed by atoms with Crippen LogP contribution in [0.5, 0.6) is 5.75 Å². The SMILES string of the molecule is Cc1ccc(OCc2nc(CN3CCNCC3c3nccn3C)cs2)cc1. The highest BCUT2D eigenvalue weighted by atomic mass is 32.1. The summed E-state index contributed by atoms with van der Waals surface area (Å²) in [6.45, 7) is 6.32. The standard InChI is InChI=1S/C20H25N5OS/c1-15-3-5-17(6-4-15)26-13-19-23-16(14-27-19)12-25-10-7-21-11-18(25)20-22-8-9-24(20)2/h3-6,8-9,14,18,21H,7,10-13H2,1-2H3. The van der Waals surface area contributed by atoms with E-state index in [2.05, 4.69) is 51.3 Å². The Labute approximate surface area is 163 Å². The fourth-order valence-electron chi connectivity index (χ4n) is 3.36. The number of thiazole rings is 1. The first kappa shape index (κ1) is 18.2. The van der Waals surface area contributed by atoms with Gasteiger partial charge >= 0.3 is 0 Å². The number of nitrogens with zero attached hydrogens (tertiary/aromatic N) is 4. The van der Waals surface area contributed by atoms with E-state index < -0.39 is 0 Å². The molecule has 27 heavy (non-hydrogen) atoms. The highest BCUT2D eigenvalue weighted by molar-refractivity contribution is 7.09. The molecule has 1 aromatic carbocycles. The molecule has 1 aliphatic rings. The lowest BCUT2D eigenvalue weighted by atomic mass is 10.1. The fourth-order valence-corrected chi connectivity index (χ4v) is 4.06. The summed E-state index contributed by atoms with van der Waals surface area (Å²) >= 11 is 1.66. The monoisotopic (exact) mass is 383 g/mol. The van der Waals surface area contributed by atoms with Crippen molar-refractivity contribution in [3.63, 3.8) is 0 Å². The topological polar surface area (TPSA) is 55.2 Å². The molecule has 0 spiro atoms. The van der Waals surface area contributed by atoms with Crippen molar-refractivity contribution in [2.75, 3.05) is 19.6 Å². The van der Waals surface area contributed by atoms with Crippen LogP contribution in [-0.2, 0) is 20.2 Å². The van der Waals surface area contributed by atoms with Crippen molar-refractivity contribution in [3.8, 4) is 5.75 Å². The second-order valence-electron chi connectivity index (χ2n) is 6.92. The van der Waals surface area contributed by atoms with E-state index in [9.17, 15) is 0 Å². The summed E-state index contributed by atoms with van der Waals surface area (Å²) in [6.07, 6.45) is 3.87. The number of hydrogen-bond acceptors (Lipinski definition) is 6. The van der Waals surface area contributed by atoms with Crippen molar-refractivity contribution in [1.29, 1.82) is 0 Å². The number of piperazine rings is 1. The predicted octanol–water partition coefficient (Wildman–Crippen LogP) is 2.91. The van der Waals surface area contributed by atoms with Crippen molar-refractivity contribution in [1.82, 2.24) is 24.8 Å². The number of hydrogen-bond donors (Lipinski definition) is 1. The van der Waals surface area contributed by atoms with Gasteiger partial charge in [0.2, 0.25) is 0 Å². The molecule has 6 nitrogen and oxygen atoms in total. The summed E-state index contributed by atoms with van der Waals surface area (Å²) in [6, 6.07) is 8.40. The molecule has 1 unspecified atom stereocenters. The molecule has 0 aliphatic carbocycles. The van der Waals surface area contributed by atoms with Gasteiger partial charge in [0.15, 0.2) is 0 Å². The van der Waals surface area contributed by atoms with Crippen LogP contribution in [0.3, 0.4) is 0 Å².